The van der Waals surface area contributed by atoms with Crippen molar-refractivity contribution in [2.75, 3.05) is 31.1 Å². The topological polar surface area (TPSA) is 43.9 Å². The Morgan fingerprint density at radius 3 is 2.25 bits per heavy atom. The minimum atomic E-state index is -0.539. The van der Waals surface area contributed by atoms with Gasteiger partial charge >= 0.3 is 0 Å². The van der Waals surface area contributed by atoms with Gasteiger partial charge < -0.3 is 4.90 Å². The lowest BCUT2D eigenvalue weighted by molar-refractivity contribution is 0.0642. The summed E-state index contributed by atoms with van der Waals surface area (Å²) in [4.78, 5) is 31.4. The highest BCUT2D eigenvalue weighted by molar-refractivity contribution is 7.07. The molecule has 2 amide bonds. The van der Waals surface area contributed by atoms with Crippen LogP contribution in [0.1, 0.15) is 31.8 Å². The van der Waals surface area contributed by atoms with Crippen molar-refractivity contribution in [2.45, 2.75) is 13.1 Å². The zero-order chi connectivity index (χ0) is 22.2. The number of benzene rings is 2. The number of thiophene rings is 1. The molecule has 0 unspecified atom stereocenters. The summed E-state index contributed by atoms with van der Waals surface area (Å²) < 4.78 is 28.0. The zero-order valence-electron chi connectivity index (χ0n) is 17.3. The molecule has 0 spiro atoms. The van der Waals surface area contributed by atoms with Gasteiger partial charge in [0, 0.05) is 38.3 Å². The summed E-state index contributed by atoms with van der Waals surface area (Å²) >= 11 is 1.53. The van der Waals surface area contributed by atoms with Crippen LogP contribution in [0.4, 0.5) is 14.5 Å². The number of carbonyl (C=O) groups is 2. The molecule has 0 radical (unpaired) electrons. The van der Waals surface area contributed by atoms with Crippen molar-refractivity contribution < 1.29 is 18.4 Å². The van der Waals surface area contributed by atoms with Gasteiger partial charge in [-0.05, 0) is 46.7 Å². The number of hydrogen-bond acceptors (Lipinski definition) is 5. The minimum absolute atomic E-state index is 0.0754. The van der Waals surface area contributed by atoms with Crippen molar-refractivity contribution >= 4 is 28.8 Å². The van der Waals surface area contributed by atoms with Gasteiger partial charge in [-0.2, -0.15) is 11.3 Å². The van der Waals surface area contributed by atoms with Gasteiger partial charge in [0.25, 0.3) is 11.8 Å². The number of anilines is 1. The van der Waals surface area contributed by atoms with E-state index in [0.717, 1.165) is 11.3 Å². The van der Waals surface area contributed by atoms with E-state index in [1.807, 2.05) is 27.8 Å². The minimum Gasteiger partial charge on any atom is -0.368 e. The summed E-state index contributed by atoms with van der Waals surface area (Å²) in [5.74, 6) is -1.62. The molecule has 2 aliphatic rings. The van der Waals surface area contributed by atoms with E-state index in [9.17, 15) is 18.4 Å². The Kier molecular flexibility index (Phi) is 5.48. The van der Waals surface area contributed by atoms with E-state index >= 15 is 0 Å². The summed E-state index contributed by atoms with van der Waals surface area (Å²) in [5.41, 5.74) is 2.62. The standard InChI is InChI=1S/C24H21F2N3O2S/c25-19-4-2-5-20(26)18(19)14-27-8-10-28(11-9-27)21-6-1-3-17-22(21)24(31)29(23(17)30)13-16-7-12-32-15-16/h1-7,12,15H,8-11,13-14H2. The fourth-order valence-electron chi connectivity index (χ4n) is 4.34. The molecule has 32 heavy (non-hydrogen) atoms. The van der Waals surface area contributed by atoms with E-state index in [1.54, 1.807) is 12.1 Å². The maximum absolute atomic E-state index is 14.0. The van der Waals surface area contributed by atoms with Crippen LogP contribution in [0.3, 0.4) is 0 Å². The Hall–Kier alpha value is -3.10. The number of halogens is 2. The van der Waals surface area contributed by atoms with E-state index in [0.29, 0.717) is 37.3 Å². The van der Waals surface area contributed by atoms with Crippen molar-refractivity contribution in [1.29, 1.82) is 0 Å². The number of carbonyl (C=O) groups excluding carboxylic acids is 2. The zero-order valence-corrected chi connectivity index (χ0v) is 18.1. The molecule has 0 aliphatic carbocycles. The van der Waals surface area contributed by atoms with Crippen LogP contribution in [0.5, 0.6) is 0 Å². The number of nitrogens with zero attached hydrogens (tertiary/aromatic N) is 3. The van der Waals surface area contributed by atoms with Gasteiger partial charge in [-0.3, -0.25) is 19.4 Å². The lowest BCUT2D eigenvalue weighted by atomic mass is 10.1. The Morgan fingerprint density at radius 2 is 1.56 bits per heavy atom. The lowest BCUT2D eigenvalue weighted by Gasteiger charge is -2.36. The Balaban J connectivity index is 1.32. The SMILES string of the molecule is O=C1c2cccc(N3CCN(Cc4c(F)cccc4F)CC3)c2C(=O)N1Cc1ccsc1. The summed E-state index contributed by atoms with van der Waals surface area (Å²) in [7, 11) is 0. The first-order valence-corrected chi connectivity index (χ1v) is 11.4. The second-order valence-electron chi connectivity index (χ2n) is 7.99. The molecule has 164 valence electrons. The second kappa shape index (κ2) is 8.44. The fraction of sp³-hybridized carbons (Fsp3) is 0.250. The number of hydrogen-bond donors (Lipinski definition) is 0. The summed E-state index contributed by atoms with van der Waals surface area (Å²) in [5, 5.41) is 3.85. The van der Waals surface area contributed by atoms with Crippen molar-refractivity contribution in [3.63, 3.8) is 0 Å². The number of amides is 2. The van der Waals surface area contributed by atoms with Crippen molar-refractivity contribution in [3.8, 4) is 0 Å². The smallest absolute Gasteiger partial charge is 0.263 e. The van der Waals surface area contributed by atoms with Gasteiger partial charge in [0.15, 0.2) is 0 Å². The van der Waals surface area contributed by atoms with Crippen LogP contribution in [0.15, 0.2) is 53.2 Å². The Morgan fingerprint density at radius 1 is 0.844 bits per heavy atom. The third-order valence-corrected chi connectivity index (χ3v) is 6.79. The largest absolute Gasteiger partial charge is 0.368 e. The molecule has 5 nitrogen and oxygen atoms in total. The number of piperazine rings is 1. The monoisotopic (exact) mass is 453 g/mol. The Bertz CT molecular complexity index is 1150. The van der Waals surface area contributed by atoms with E-state index in [-0.39, 0.29) is 30.5 Å². The van der Waals surface area contributed by atoms with Gasteiger partial charge in [0.05, 0.1) is 23.4 Å². The third kappa shape index (κ3) is 3.69. The number of fused-ring (bicyclic) bond motifs is 1. The molecule has 0 saturated carbocycles. The molecule has 3 aromatic rings. The van der Waals surface area contributed by atoms with Crippen molar-refractivity contribution in [2.24, 2.45) is 0 Å². The van der Waals surface area contributed by atoms with E-state index in [1.165, 1.54) is 34.4 Å². The molecule has 1 saturated heterocycles. The summed E-state index contributed by atoms with van der Waals surface area (Å²) in [6.07, 6.45) is 0. The highest BCUT2D eigenvalue weighted by Gasteiger charge is 2.38. The van der Waals surface area contributed by atoms with Crippen LogP contribution in [-0.4, -0.2) is 47.8 Å². The molecule has 2 aliphatic heterocycles. The molecule has 1 fully saturated rings. The molecule has 1 aromatic heterocycles. The maximum atomic E-state index is 14.0. The van der Waals surface area contributed by atoms with Gasteiger partial charge in [-0.1, -0.05) is 12.1 Å². The first kappa shape index (κ1) is 20.8. The van der Waals surface area contributed by atoms with Gasteiger partial charge in [0.1, 0.15) is 11.6 Å². The highest BCUT2D eigenvalue weighted by atomic mass is 32.1. The molecular weight excluding hydrogens is 432 g/mol. The lowest BCUT2D eigenvalue weighted by Crippen LogP contribution is -2.46. The van der Waals surface area contributed by atoms with Gasteiger partial charge in [0.2, 0.25) is 0 Å². The average molecular weight is 454 g/mol. The van der Waals surface area contributed by atoms with E-state index < -0.39 is 11.6 Å². The van der Waals surface area contributed by atoms with Crippen LogP contribution in [0.25, 0.3) is 0 Å². The van der Waals surface area contributed by atoms with Crippen molar-refractivity contribution in [3.05, 3.63) is 87.1 Å². The summed E-state index contributed by atoms with van der Waals surface area (Å²) in [6, 6.07) is 11.2. The van der Waals surface area contributed by atoms with Crippen LogP contribution in [-0.2, 0) is 13.1 Å². The maximum Gasteiger partial charge on any atom is 0.263 e. The van der Waals surface area contributed by atoms with Gasteiger partial charge in [-0.15, -0.1) is 0 Å². The molecule has 2 aromatic carbocycles. The van der Waals surface area contributed by atoms with Gasteiger partial charge in [-0.25, -0.2) is 8.78 Å². The average Bonchev–Trinajstić information content (AvgIpc) is 3.40. The first-order chi connectivity index (χ1) is 15.5. The van der Waals surface area contributed by atoms with E-state index in [2.05, 4.69) is 4.90 Å². The van der Waals surface area contributed by atoms with Crippen molar-refractivity contribution in [1.82, 2.24) is 9.80 Å². The quantitative estimate of drug-likeness (QED) is 0.545. The predicted molar refractivity (Wildman–Crippen MR) is 119 cm³/mol. The number of imide groups is 1. The second-order valence-corrected chi connectivity index (χ2v) is 8.77. The molecular formula is C24H21F2N3O2S. The first-order valence-electron chi connectivity index (χ1n) is 10.4. The molecule has 0 atom stereocenters. The number of rotatable bonds is 5. The Labute approximate surface area is 188 Å². The van der Waals surface area contributed by atoms with Crippen LogP contribution in [0, 0.1) is 11.6 Å². The molecule has 8 heteroatoms. The molecule has 0 bridgehead atoms. The van der Waals surface area contributed by atoms with Crippen LogP contribution >= 0.6 is 11.3 Å². The van der Waals surface area contributed by atoms with E-state index in [4.69, 9.17) is 0 Å². The summed E-state index contributed by atoms with van der Waals surface area (Å²) in [6.45, 7) is 2.84. The highest BCUT2D eigenvalue weighted by Crippen LogP contribution is 2.33. The van der Waals surface area contributed by atoms with Crippen LogP contribution < -0.4 is 4.90 Å². The normalized spacial score (nSPS) is 16.7. The molecule has 3 heterocycles. The third-order valence-electron chi connectivity index (χ3n) is 6.05. The van der Waals surface area contributed by atoms with Crippen LogP contribution in [0.2, 0.25) is 0 Å². The predicted octanol–water partition coefficient (Wildman–Crippen LogP) is 4.14. The molecule has 5 rings (SSSR count). The fourth-order valence-corrected chi connectivity index (χ4v) is 5.00. The molecule has 0 N–H and O–H groups in total.